The minimum atomic E-state index is -0.413. The molecular weight excluding hydrogens is 246 g/mol. The van der Waals surface area contributed by atoms with Gasteiger partial charge >= 0.3 is 5.97 Å². The maximum Gasteiger partial charge on any atom is 0.337 e. The maximum absolute atomic E-state index is 11.3. The van der Waals surface area contributed by atoms with Crippen molar-refractivity contribution >= 4 is 18.4 Å². The predicted octanol–water partition coefficient (Wildman–Crippen LogP) is 1.24. The Bertz CT molecular complexity index is 370. The first kappa shape index (κ1) is 15.5. The molecule has 96 valence electrons. The number of esters is 1. The number of hydrogen-bond acceptors (Lipinski definition) is 5. The highest BCUT2D eigenvalue weighted by molar-refractivity contribution is 5.90. The first-order valence-corrected chi connectivity index (χ1v) is 4.82. The van der Waals surface area contributed by atoms with E-state index in [2.05, 4.69) is 4.74 Å². The van der Waals surface area contributed by atoms with Crippen LogP contribution in [0.2, 0.25) is 0 Å². The number of carbonyl (C=O) groups is 1. The highest BCUT2D eigenvalue weighted by Crippen LogP contribution is 2.28. The van der Waals surface area contributed by atoms with Crippen molar-refractivity contribution in [2.45, 2.75) is 0 Å². The number of benzene rings is 1. The molecule has 1 aromatic carbocycles. The monoisotopic (exact) mass is 261 g/mol. The van der Waals surface area contributed by atoms with Gasteiger partial charge in [-0.2, -0.15) is 0 Å². The van der Waals surface area contributed by atoms with E-state index in [0.29, 0.717) is 30.2 Å². The lowest BCUT2D eigenvalue weighted by Gasteiger charge is -2.10. The van der Waals surface area contributed by atoms with E-state index in [1.165, 1.54) is 14.2 Å². The van der Waals surface area contributed by atoms with Crippen LogP contribution in [0.25, 0.3) is 0 Å². The van der Waals surface area contributed by atoms with Gasteiger partial charge in [0.1, 0.15) is 6.61 Å². The summed E-state index contributed by atoms with van der Waals surface area (Å²) in [6, 6.07) is 4.83. The summed E-state index contributed by atoms with van der Waals surface area (Å²) in [5.74, 6) is 0.626. The number of rotatable bonds is 5. The fraction of sp³-hybridized carbons (Fsp3) is 0.364. The number of methoxy groups -OCH3 is 2. The predicted molar refractivity (Wildman–Crippen MR) is 66.1 cm³/mol. The van der Waals surface area contributed by atoms with Crippen molar-refractivity contribution in [3.05, 3.63) is 23.8 Å². The van der Waals surface area contributed by atoms with E-state index in [-0.39, 0.29) is 12.4 Å². The molecule has 0 bridgehead atoms. The van der Waals surface area contributed by atoms with E-state index in [1.54, 1.807) is 18.2 Å². The summed E-state index contributed by atoms with van der Waals surface area (Å²) >= 11 is 0. The molecule has 0 saturated carbocycles. The SMILES string of the molecule is COC(=O)c1ccc(OCCN)c(OC)c1.Cl. The third-order valence-electron chi connectivity index (χ3n) is 1.96. The first-order valence-electron chi connectivity index (χ1n) is 4.82. The second-order valence-corrected chi connectivity index (χ2v) is 2.99. The molecule has 1 aromatic rings. The fourth-order valence-electron chi connectivity index (χ4n) is 1.20. The molecule has 0 unspecified atom stereocenters. The average molecular weight is 262 g/mol. The molecule has 0 aliphatic carbocycles. The number of carbonyl (C=O) groups excluding carboxylic acids is 1. The van der Waals surface area contributed by atoms with Crippen molar-refractivity contribution in [1.82, 2.24) is 0 Å². The minimum Gasteiger partial charge on any atom is -0.493 e. The van der Waals surface area contributed by atoms with E-state index in [0.717, 1.165) is 0 Å². The summed E-state index contributed by atoms with van der Waals surface area (Å²) in [4.78, 5) is 11.3. The Labute approximate surface area is 106 Å². The van der Waals surface area contributed by atoms with Gasteiger partial charge in [0.15, 0.2) is 11.5 Å². The van der Waals surface area contributed by atoms with Crippen molar-refractivity contribution in [1.29, 1.82) is 0 Å². The van der Waals surface area contributed by atoms with Crippen LogP contribution in [-0.4, -0.2) is 33.3 Å². The standard InChI is InChI=1S/C11H15NO4.ClH/c1-14-10-7-8(11(13)15-2)3-4-9(10)16-6-5-12;/h3-4,7H,5-6,12H2,1-2H3;1H. The van der Waals surface area contributed by atoms with Crippen LogP contribution >= 0.6 is 12.4 Å². The molecule has 17 heavy (non-hydrogen) atoms. The van der Waals surface area contributed by atoms with Crippen LogP contribution in [0.4, 0.5) is 0 Å². The van der Waals surface area contributed by atoms with Gasteiger partial charge in [0.2, 0.25) is 0 Å². The lowest BCUT2D eigenvalue weighted by atomic mass is 10.2. The Kier molecular flexibility index (Phi) is 7.09. The Morgan fingerprint density at radius 2 is 2.00 bits per heavy atom. The smallest absolute Gasteiger partial charge is 0.337 e. The van der Waals surface area contributed by atoms with Gasteiger partial charge in [0.25, 0.3) is 0 Å². The molecule has 0 fully saturated rings. The molecule has 0 aliphatic rings. The quantitative estimate of drug-likeness (QED) is 0.808. The summed E-state index contributed by atoms with van der Waals surface area (Å²) in [5, 5.41) is 0. The third-order valence-corrected chi connectivity index (χ3v) is 1.96. The lowest BCUT2D eigenvalue weighted by Crippen LogP contribution is -2.11. The average Bonchev–Trinajstić information content (AvgIpc) is 2.35. The van der Waals surface area contributed by atoms with Gasteiger partial charge in [0.05, 0.1) is 19.8 Å². The van der Waals surface area contributed by atoms with E-state index in [9.17, 15) is 4.79 Å². The van der Waals surface area contributed by atoms with E-state index in [1.807, 2.05) is 0 Å². The molecule has 5 nitrogen and oxygen atoms in total. The molecule has 0 radical (unpaired) electrons. The van der Waals surface area contributed by atoms with Gasteiger partial charge in [-0.25, -0.2) is 4.79 Å². The summed E-state index contributed by atoms with van der Waals surface area (Å²) in [7, 11) is 2.83. The number of hydrogen-bond donors (Lipinski definition) is 1. The minimum absolute atomic E-state index is 0. The fourth-order valence-corrected chi connectivity index (χ4v) is 1.20. The zero-order chi connectivity index (χ0) is 12.0. The lowest BCUT2D eigenvalue weighted by molar-refractivity contribution is 0.0600. The van der Waals surface area contributed by atoms with E-state index in [4.69, 9.17) is 15.2 Å². The highest BCUT2D eigenvalue weighted by atomic mass is 35.5. The van der Waals surface area contributed by atoms with Crippen LogP contribution < -0.4 is 15.2 Å². The highest BCUT2D eigenvalue weighted by Gasteiger charge is 2.10. The second-order valence-electron chi connectivity index (χ2n) is 2.99. The van der Waals surface area contributed by atoms with Crippen molar-refractivity contribution in [2.24, 2.45) is 5.73 Å². The third kappa shape index (κ3) is 4.13. The van der Waals surface area contributed by atoms with Crippen molar-refractivity contribution in [3.63, 3.8) is 0 Å². The van der Waals surface area contributed by atoms with E-state index < -0.39 is 5.97 Å². The van der Waals surface area contributed by atoms with Crippen LogP contribution in [0.15, 0.2) is 18.2 Å². The molecule has 0 spiro atoms. The molecular formula is C11H16ClNO4. The van der Waals surface area contributed by atoms with Gasteiger partial charge in [0, 0.05) is 6.54 Å². The zero-order valence-corrected chi connectivity index (χ0v) is 10.6. The molecule has 1 rings (SSSR count). The van der Waals surface area contributed by atoms with Gasteiger partial charge < -0.3 is 19.9 Å². The van der Waals surface area contributed by atoms with Gasteiger partial charge in [-0.15, -0.1) is 12.4 Å². The number of halogens is 1. The van der Waals surface area contributed by atoms with Crippen molar-refractivity contribution in [3.8, 4) is 11.5 Å². The molecule has 0 saturated heterocycles. The summed E-state index contributed by atoms with van der Waals surface area (Å²) in [6.45, 7) is 0.815. The van der Waals surface area contributed by atoms with Crippen LogP contribution in [0.5, 0.6) is 11.5 Å². The summed E-state index contributed by atoms with van der Waals surface area (Å²) < 4.78 is 15.0. The summed E-state index contributed by atoms with van der Waals surface area (Å²) in [5.41, 5.74) is 5.74. The van der Waals surface area contributed by atoms with Gasteiger partial charge in [-0.3, -0.25) is 0 Å². The molecule has 0 atom stereocenters. The molecule has 6 heteroatoms. The Morgan fingerprint density at radius 1 is 1.29 bits per heavy atom. The maximum atomic E-state index is 11.3. The normalized spacial score (nSPS) is 9.12. The molecule has 0 amide bonds. The largest absolute Gasteiger partial charge is 0.493 e. The zero-order valence-electron chi connectivity index (χ0n) is 9.76. The van der Waals surface area contributed by atoms with Crippen molar-refractivity contribution < 1.29 is 19.0 Å². The van der Waals surface area contributed by atoms with E-state index >= 15 is 0 Å². The Morgan fingerprint density at radius 3 is 2.53 bits per heavy atom. The molecule has 2 N–H and O–H groups in total. The van der Waals surface area contributed by atoms with Gasteiger partial charge in [-0.05, 0) is 18.2 Å². The summed E-state index contributed by atoms with van der Waals surface area (Å²) in [6.07, 6.45) is 0. The molecule has 0 aliphatic heterocycles. The topological polar surface area (TPSA) is 70.8 Å². The number of ether oxygens (including phenoxy) is 3. The number of nitrogens with two attached hydrogens (primary N) is 1. The van der Waals surface area contributed by atoms with Crippen LogP contribution in [0, 0.1) is 0 Å². The van der Waals surface area contributed by atoms with Crippen molar-refractivity contribution in [2.75, 3.05) is 27.4 Å². The Hall–Kier alpha value is -1.46. The Balaban J connectivity index is 0.00000256. The molecule has 0 aromatic heterocycles. The first-order chi connectivity index (χ1) is 7.72. The second kappa shape index (κ2) is 7.76. The van der Waals surface area contributed by atoms with Crippen LogP contribution in [-0.2, 0) is 4.74 Å². The molecule has 0 heterocycles. The van der Waals surface area contributed by atoms with Crippen LogP contribution in [0.1, 0.15) is 10.4 Å². The van der Waals surface area contributed by atoms with Gasteiger partial charge in [-0.1, -0.05) is 0 Å². The van der Waals surface area contributed by atoms with Crippen LogP contribution in [0.3, 0.4) is 0 Å².